The van der Waals surface area contributed by atoms with Crippen LogP contribution in [0, 0.1) is 11.8 Å². The fraction of sp³-hybridized carbons (Fsp3) is 0.867. The molecule has 5 heteroatoms. The number of carboxylic acid groups (broad SMARTS) is 1. The van der Waals surface area contributed by atoms with Crippen molar-refractivity contribution in [2.24, 2.45) is 11.8 Å². The van der Waals surface area contributed by atoms with E-state index in [1.54, 1.807) is 0 Å². The molecule has 2 unspecified atom stereocenters. The minimum atomic E-state index is -0.748. The summed E-state index contributed by atoms with van der Waals surface area (Å²) in [5.41, 5.74) is 0. The molecule has 116 valence electrons. The van der Waals surface area contributed by atoms with Crippen molar-refractivity contribution >= 4 is 11.9 Å². The van der Waals surface area contributed by atoms with Crippen LogP contribution < -0.4 is 5.32 Å². The average Bonchev–Trinajstić information content (AvgIpc) is 2.37. The number of piperidine rings is 1. The molecular weight excluding hydrogens is 256 g/mol. The van der Waals surface area contributed by atoms with Crippen molar-refractivity contribution in [3.63, 3.8) is 0 Å². The highest BCUT2D eigenvalue weighted by atomic mass is 16.4. The lowest BCUT2D eigenvalue weighted by Crippen LogP contribution is -2.43. The molecule has 0 aromatic rings. The monoisotopic (exact) mass is 284 g/mol. The first-order chi connectivity index (χ1) is 9.40. The number of aliphatic carboxylic acids is 1. The number of nitrogens with one attached hydrogen (secondary N) is 1. The van der Waals surface area contributed by atoms with Gasteiger partial charge >= 0.3 is 5.97 Å². The summed E-state index contributed by atoms with van der Waals surface area (Å²) in [5, 5.41) is 12.1. The molecule has 1 saturated heterocycles. The Bertz CT molecular complexity index is 331. The second kappa shape index (κ2) is 8.25. The number of carboxylic acids is 1. The van der Waals surface area contributed by atoms with Gasteiger partial charge in [-0.3, -0.25) is 9.59 Å². The number of rotatable bonds is 7. The number of carbonyl (C=O) groups excluding carboxylic acids is 1. The van der Waals surface area contributed by atoms with Crippen LogP contribution in [0.5, 0.6) is 0 Å². The highest BCUT2D eigenvalue weighted by Gasteiger charge is 2.28. The van der Waals surface area contributed by atoms with Gasteiger partial charge in [-0.15, -0.1) is 0 Å². The lowest BCUT2D eigenvalue weighted by molar-refractivity contribution is -0.138. The van der Waals surface area contributed by atoms with Gasteiger partial charge in [0.15, 0.2) is 0 Å². The summed E-state index contributed by atoms with van der Waals surface area (Å²) in [6, 6.07) is 0.396. The summed E-state index contributed by atoms with van der Waals surface area (Å²) >= 11 is 0. The van der Waals surface area contributed by atoms with E-state index in [1.807, 2.05) is 11.8 Å². The first-order valence-corrected chi connectivity index (χ1v) is 7.63. The predicted octanol–water partition coefficient (Wildman–Crippen LogP) is 1.72. The summed E-state index contributed by atoms with van der Waals surface area (Å²) in [5.74, 6) is -0.105. The highest BCUT2D eigenvalue weighted by Crippen LogP contribution is 2.26. The van der Waals surface area contributed by atoms with Crippen molar-refractivity contribution in [2.75, 3.05) is 19.6 Å². The van der Waals surface area contributed by atoms with Crippen LogP contribution in [0.3, 0.4) is 0 Å². The zero-order valence-corrected chi connectivity index (χ0v) is 12.9. The van der Waals surface area contributed by atoms with Crippen LogP contribution in [0.2, 0.25) is 0 Å². The number of nitrogens with zero attached hydrogens (tertiary/aromatic N) is 1. The van der Waals surface area contributed by atoms with Gasteiger partial charge in [0.25, 0.3) is 0 Å². The van der Waals surface area contributed by atoms with Crippen molar-refractivity contribution < 1.29 is 14.7 Å². The summed E-state index contributed by atoms with van der Waals surface area (Å²) < 4.78 is 0. The van der Waals surface area contributed by atoms with E-state index in [4.69, 9.17) is 5.11 Å². The predicted molar refractivity (Wildman–Crippen MR) is 78.5 cm³/mol. The molecular formula is C15H28N2O3. The van der Waals surface area contributed by atoms with E-state index in [-0.39, 0.29) is 18.2 Å². The maximum Gasteiger partial charge on any atom is 0.303 e. The van der Waals surface area contributed by atoms with Gasteiger partial charge in [-0.2, -0.15) is 0 Å². The summed E-state index contributed by atoms with van der Waals surface area (Å²) in [7, 11) is 0. The van der Waals surface area contributed by atoms with E-state index < -0.39 is 5.97 Å². The number of amides is 1. The van der Waals surface area contributed by atoms with Gasteiger partial charge in [0.1, 0.15) is 0 Å². The molecule has 0 saturated carbocycles. The molecule has 1 aliphatic rings. The lowest BCUT2D eigenvalue weighted by Gasteiger charge is -2.35. The van der Waals surface area contributed by atoms with Crippen LogP contribution in [0.25, 0.3) is 0 Å². The molecule has 1 fully saturated rings. The van der Waals surface area contributed by atoms with E-state index in [2.05, 4.69) is 19.2 Å². The summed E-state index contributed by atoms with van der Waals surface area (Å²) in [4.78, 5) is 24.8. The van der Waals surface area contributed by atoms with Gasteiger partial charge in [-0.05, 0) is 24.7 Å². The van der Waals surface area contributed by atoms with Crippen LogP contribution in [0.4, 0.5) is 0 Å². The minimum Gasteiger partial charge on any atom is -0.481 e. The molecule has 1 heterocycles. The van der Waals surface area contributed by atoms with Gasteiger partial charge < -0.3 is 15.3 Å². The zero-order valence-electron chi connectivity index (χ0n) is 12.9. The Morgan fingerprint density at radius 1 is 1.35 bits per heavy atom. The van der Waals surface area contributed by atoms with E-state index in [1.165, 1.54) is 0 Å². The molecule has 1 amide bonds. The quantitative estimate of drug-likeness (QED) is 0.747. The second-order valence-electron chi connectivity index (χ2n) is 6.18. The van der Waals surface area contributed by atoms with Crippen LogP contribution in [0.1, 0.15) is 46.5 Å². The molecule has 1 rings (SSSR count). The minimum absolute atomic E-state index is 0.136. The van der Waals surface area contributed by atoms with Crippen LogP contribution in [0.15, 0.2) is 0 Å². The standard InChI is InChI=1S/C15H28N2O3/c1-11(2)16-7-6-14(18)17-8-4-5-13(10-17)12(3)9-15(19)20/h11-13,16H,4-10H2,1-3H3,(H,19,20). The molecule has 0 bridgehead atoms. The molecule has 1 aliphatic heterocycles. The Labute approximate surface area is 121 Å². The molecule has 2 N–H and O–H groups in total. The van der Waals surface area contributed by atoms with Crippen molar-refractivity contribution in [3.8, 4) is 0 Å². The van der Waals surface area contributed by atoms with E-state index >= 15 is 0 Å². The van der Waals surface area contributed by atoms with Crippen molar-refractivity contribution in [3.05, 3.63) is 0 Å². The van der Waals surface area contributed by atoms with Crippen LogP contribution in [-0.2, 0) is 9.59 Å². The SMILES string of the molecule is CC(C)NCCC(=O)N1CCCC(C(C)CC(=O)O)C1. The van der Waals surface area contributed by atoms with E-state index in [0.29, 0.717) is 24.9 Å². The molecule has 0 aromatic heterocycles. The Kier molecular flexibility index (Phi) is 6.99. The van der Waals surface area contributed by atoms with Crippen molar-refractivity contribution in [1.29, 1.82) is 0 Å². The van der Waals surface area contributed by atoms with Crippen LogP contribution >= 0.6 is 0 Å². The Morgan fingerprint density at radius 2 is 2.05 bits per heavy atom. The first kappa shape index (κ1) is 17.0. The summed E-state index contributed by atoms with van der Waals surface area (Å²) in [6.07, 6.45) is 2.74. The molecule has 0 aliphatic carbocycles. The molecule has 5 nitrogen and oxygen atoms in total. The number of carbonyl (C=O) groups is 2. The van der Waals surface area contributed by atoms with Gasteiger partial charge in [0, 0.05) is 38.5 Å². The Balaban J connectivity index is 2.39. The first-order valence-electron chi connectivity index (χ1n) is 7.63. The highest BCUT2D eigenvalue weighted by molar-refractivity contribution is 5.76. The van der Waals surface area contributed by atoms with E-state index in [0.717, 1.165) is 25.9 Å². The third-order valence-corrected chi connectivity index (χ3v) is 4.00. The second-order valence-corrected chi connectivity index (χ2v) is 6.18. The van der Waals surface area contributed by atoms with Crippen LogP contribution in [-0.4, -0.2) is 47.6 Å². The molecule has 20 heavy (non-hydrogen) atoms. The molecule has 2 atom stereocenters. The zero-order chi connectivity index (χ0) is 15.1. The van der Waals surface area contributed by atoms with Gasteiger partial charge in [0.05, 0.1) is 0 Å². The fourth-order valence-electron chi connectivity index (χ4n) is 2.77. The molecule has 0 aromatic carbocycles. The number of hydrogen-bond donors (Lipinski definition) is 2. The van der Waals surface area contributed by atoms with E-state index in [9.17, 15) is 9.59 Å². The largest absolute Gasteiger partial charge is 0.481 e. The maximum atomic E-state index is 12.1. The number of hydrogen-bond acceptors (Lipinski definition) is 3. The fourth-order valence-corrected chi connectivity index (χ4v) is 2.77. The Morgan fingerprint density at radius 3 is 2.65 bits per heavy atom. The smallest absolute Gasteiger partial charge is 0.303 e. The topological polar surface area (TPSA) is 69.6 Å². The molecule has 0 radical (unpaired) electrons. The number of likely N-dealkylation sites (tertiary alicyclic amines) is 1. The maximum absolute atomic E-state index is 12.1. The van der Waals surface area contributed by atoms with Gasteiger partial charge in [-0.25, -0.2) is 0 Å². The average molecular weight is 284 g/mol. The summed E-state index contributed by atoms with van der Waals surface area (Å²) in [6.45, 7) is 8.35. The third-order valence-electron chi connectivity index (χ3n) is 4.00. The third kappa shape index (κ3) is 5.90. The molecule has 0 spiro atoms. The van der Waals surface area contributed by atoms with Crippen molar-refractivity contribution in [1.82, 2.24) is 10.2 Å². The van der Waals surface area contributed by atoms with Gasteiger partial charge in [0.2, 0.25) is 5.91 Å². The van der Waals surface area contributed by atoms with Gasteiger partial charge in [-0.1, -0.05) is 20.8 Å². The lowest BCUT2D eigenvalue weighted by atomic mass is 9.84. The van der Waals surface area contributed by atoms with Crippen molar-refractivity contribution in [2.45, 2.75) is 52.5 Å². The normalized spacial score (nSPS) is 21.0. The Hall–Kier alpha value is -1.10.